The standard InChI is InChI=1S/C14H13BrN4/c1-8-4-11(5-9(2)13(8)15)18-14-17-10(3)6-12(7-16)19-14/h4-6H,1-3H3,(H,17,18,19). The largest absolute Gasteiger partial charge is 0.324 e. The van der Waals surface area contributed by atoms with Gasteiger partial charge in [-0.2, -0.15) is 5.26 Å². The van der Waals surface area contributed by atoms with E-state index in [1.54, 1.807) is 6.07 Å². The van der Waals surface area contributed by atoms with Gasteiger partial charge in [-0.3, -0.25) is 0 Å². The van der Waals surface area contributed by atoms with Gasteiger partial charge < -0.3 is 5.32 Å². The molecule has 0 spiro atoms. The van der Waals surface area contributed by atoms with E-state index in [2.05, 4.69) is 31.2 Å². The SMILES string of the molecule is Cc1cc(C#N)nc(Nc2cc(C)c(Br)c(C)c2)n1. The van der Waals surface area contributed by atoms with E-state index in [-0.39, 0.29) is 0 Å². The molecule has 96 valence electrons. The van der Waals surface area contributed by atoms with Crippen molar-refractivity contribution in [1.82, 2.24) is 9.97 Å². The summed E-state index contributed by atoms with van der Waals surface area (Å²) in [5, 5.41) is 12.0. The summed E-state index contributed by atoms with van der Waals surface area (Å²) < 4.78 is 1.10. The van der Waals surface area contributed by atoms with E-state index in [0.29, 0.717) is 11.6 Å². The van der Waals surface area contributed by atoms with Crippen LogP contribution in [0.4, 0.5) is 11.6 Å². The number of nitrogens with zero attached hydrogens (tertiary/aromatic N) is 3. The molecule has 1 N–H and O–H groups in total. The summed E-state index contributed by atoms with van der Waals surface area (Å²) in [5.74, 6) is 0.442. The second kappa shape index (κ2) is 5.37. The summed E-state index contributed by atoms with van der Waals surface area (Å²) in [6.07, 6.45) is 0. The molecule has 0 amide bonds. The molecule has 1 aromatic carbocycles. The van der Waals surface area contributed by atoms with Crippen LogP contribution in [0.5, 0.6) is 0 Å². The molecular formula is C14H13BrN4. The second-order valence-electron chi connectivity index (χ2n) is 4.38. The van der Waals surface area contributed by atoms with Crippen LogP contribution in [0.3, 0.4) is 0 Å². The third-order valence-corrected chi connectivity index (χ3v) is 3.91. The van der Waals surface area contributed by atoms with Gasteiger partial charge in [0, 0.05) is 15.9 Å². The van der Waals surface area contributed by atoms with E-state index in [1.807, 2.05) is 39.0 Å². The number of nitriles is 1. The Kier molecular flexibility index (Phi) is 3.82. The van der Waals surface area contributed by atoms with E-state index in [4.69, 9.17) is 5.26 Å². The molecule has 0 aliphatic heterocycles. The summed E-state index contributed by atoms with van der Waals surface area (Å²) in [7, 11) is 0. The number of hydrogen-bond donors (Lipinski definition) is 1. The molecule has 0 aliphatic carbocycles. The van der Waals surface area contributed by atoms with Crippen molar-refractivity contribution in [2.45, 2.75) is 20.8 Å². The zero-order valence-electron chi connectivity index (χ0n) is 11.0. The summed E-state index contributed by atoms with van der Waals surface area (Å²) in [6.45, 7) is 5.89. The average Bonchev–Trinajstić information content (AvgIpc) is 2.35. The van der Waals surface area contributed by atoms with Gasteiger partial charge in [-0.1, -0.05) is 15.9 Å². The van der Waals surface area contributed by atoms with E-state index < -0.39 is 0 Å². The lowest BCUT2D eigenvalue weighted by atomic mass is 10.1. The lowest BCUT2D eigenvalue weighted by Crippen LogP contribution is -2.01. The number of aromatic nitrogens is 2. The Morgan fingerprint density at radius 2 is 1.74 bits per heavy atom. The quantitative estimate of drug-likeness (QED) is 0.915. The predicted molar refractivity (Wildman–Crippen MR) is 78.4 cm³/mol. The number of benzene rings is 1. The van der Waals surface area contributed by atoms with Crippen LogP contribution in [-0.2, 0) is 0 Å². The average molecular weight is 317 g/mol. The Hall–Kier alpha value is -1.93. The molecule has 0 aliphatic rings. The van der Waals surface area contributed by atoms with E-state index in [1.165, 1.54) is 0 Å². The zero-order valence-corrected chi connectivity index (χ0v) is 12.5. The lowest BCUT2D eigenvalue weighted by Gasteiger charge is -2.10. The van der Waals surface area contributed by atoms with Gasteiger partial charge in [0.2, 0.25) is 5.95 Å². The highest BCUT2D eigenvalue weighted by molar-refractivity contribution is 9.10. The molecule has 2 rings (SSSR count). The fraction of sp³-hybridized carbons (Fsp3) is 0.214. The first-order valence-electron chi connectivity index (χ1n) is 5.79. The van der Waals surface area contributed by atoms with Gasteiger partial charge in [0.15, 0.2) is 0 Å². The molecule has 0 saturated heterocycles. The van der Waals surface area contributed by atoms with Crippen molar-refractivity contribution in [3.63, 3.8) is 0 Å². The molecule has 0 fully saturated rings. The molecule has 1 heterocycles. The molecule has 0 bridgehead atoms. The van der Waals surface area contributed by atoms with Crippen molar-refractivity contribution in [1.29, 1.82) is 5.26 Å². The highest BCUT2D eigenvalue weighted by Gasteiger charge is 2.05. The number of anilines is 2. The Morgan fingerprint density at radius 1 is 1.11 bits per heavy atom. The maximum Gasteiger partial charge on any atom is 0.228 e. The Balaban J connectivity index is 2.36. The molecule has 1 aromatic heterocycles. The van der Waals surface area contributed by atoms with Crippen LogP contribution < -0.4 is 5.32 Å². The number of hydrogen-bond acceptors (Lipinski definition) is 4. The van der Waals surface area contributed by atoms with Crippen molar-refractivity contribution < 1.29 is 0 Å². The van der Waals surface area contributed by atoms with Crippen LogP contribution in [0, 0.1) is 32.1 Å². The second-order valence-corrected chi connectivity index (χ2v) is 5.17. The molecule has 0 unspecified atom stereocenters. The minimum Gasteiger partial charge on any atom is -0.324 e. The number of nitrogens with one attached hydrogen (secondary N) is 1. The van der Waals surface area contributed by atoms with Crippen LogP contribution >= 0.6 is 15.9 Å². The number of rotatable bonds is 2. The maximum atomic E-state index is 8.90. The zero-order chi connectivity index (χ0) is 14.0. The van der Waals surface area contributed by atoms with Crippen LogP contribution in [0.1, 0.15) is 22.5 Å². The third kappa shape index (κ3) is 3.09. The predicted octanol–water partition coefficient (Wildman–Crippen LogP) is 3.78. The summed E-state index contributed by atoms with van der Waals surface area (Å²) in [5.41, 5.74) is 4.30. The third-order valence-electron chi connectivity index (χ3n) is 2.66. The first kappa shape index (κ1) is 13.5. The fourth-order valence-corrected chi connectivity index (χ4v) is 2.06. The number of halogens is 1. The lowest BCUT2D eigenvalue weighted by molar-refractivity contribution is 1.09. The normalized spacial score (nSPS) is 10.1. The van der Waals surface area contributed by atoms with Gasteiger partial charge >= 0.3 is 0 Å². The smallest absolute Gasteiger partial charge is 0.228 e. The van der Waals surface area contributed by atoms with Crippen LogP contribution in [-0.4, -0.2) is 9.97 Å². The van der Waals surface area contributed by atoms with Crippen LogP contribution in [0.2, 0.25) is 0 Å². The van der Waals surface area contributed by atoms with E-state index >= 15 is 0 Å². The molecule has 2 aromatic rings. The summed E-state index contributed by atoms with van der Waals surface area (Å²) >= 11 is 3.53. The monoisotopic (exact) mass is 316 g/mol. The van der Waals surface area contributed by atoms with Gasteiger partial charge in [-0.15, -0.1) is 0 Å². The number of aryl methyl sites for hydroxylation is 3. The van der Waals surface area contributed by atoms with Gasteiger partial charge in [0.25, 0.3) is 0 Å². The van der Waals surface area contributed by atoms with Gasteiger partial charge in [0.1, 0.15) is 11.8 Å². The van der Waals surface area contributed by atoms with Crippen molar-refractivity contribution in [3.05, 3.63) is 45.2 Å². The van der Waals surface area contributed by atoms with Gasteiger partial charge in [0.05, 0.1) is 0 Å². The highest BCUT2D eigenvalue weighted by Crippen LogP contribution is 2.26. The van der Waals surface area contributed by atoms with Gasteiger partial charge in [-0.25, -0.2) is 9.97 Å². The Morgan fingerprint density at radius 3 is 2.32 bits per heavy atom. The molecular weight excluding hydrogens is 304 g/mol. The Labute approximate surface area is 120 Å². The fourth-order valence-electron chi connectivity index (χ4n) is 1.83. The summed E-state index contributed by atoms with van der Waals surface area (Å²) in [4.78, 5) is 8.41. The minimum atomic E-state index is 0.362. The minimum absolute atomic E-state index is 0.362. The molecule has 0 saturated carbocycles. The van der Waals surface area contributed by atoms with Crippen molar-refractivity contribution in [2.24, 2.45) is 0 Å². The van der Waals surface area contributed by atoms with Crippen molar-refractivity contribution in [3.8, 4) is 6.07 Å². The molecule has 0 atom stereocenters. The van der Waals surface area contributed by atoms with Crippen LogP contribution in [0.15, 0.2) is 22.7 Å². The van der Waals surface area contributed by atoms with E-state index in [9.17, 15) is 0 Å². The first-order valence-corrected chi connectivity index (χ1v) is 6.58. The van der Waals surface area contributed by atoms with Gasteiger partial charge in [-0.05, 0) is 50.1 Å². The van der Waals surface area contributed by atoms with E-state index in [0.717, 1.165) is 27.0 Å². The summed E-state index contributed by atoms with van der Waals surface area (Å²) in [6, 6.07) is 7.70. The maximum absolute atomic E-state index is 8.90. The first-order chi connectivity index (χ1) is 8.99. The molecule has 19 heavy (non-hydrogen) atoms. The van der Waals surface area contributed by atoms with Crippen molar-refractivity contribution >= 4 is 27.6 Å². The molecule has 5 heteroatoms. The van der Waals surface area contributed by atoms with Crippen LogP contribution in [0.25, 0.3) is 0 Å². The Bertz CT molecular complexity index is 651. The topological polar surface area (TPSA) is 61.6 Å². The highest BCUT2D eigenvalue weighted by atomic mass is 79.9. The molecule has 4 nitrogen and oxygen atoms in total. The van der Waals surface area contributed by atoms with Crippen molar-refractivity contribution in [2.75, 3.05) is 5.32 Å². The molecule has 0 radical (unpaired) electrons.